The number of carboxylic acid groups (broad SMARTS) is 1. The minimum absolute atomic E-state index is 0.0813. The summed E-state index contributed by atoms with van der Waals surface area (Å²) >= 11 is 0. The first-order chi connectivity index (χ1) is 27.9. The summed E-state index contributed by atoms with van der Waals surface area (Å²) in [4.78, 5) is 11.4. The normalized spacial score (nSPS) is 11.1. The number of para-hydroxylation sites is 1. The van der Waals surface area contributed by atoms with Gasteiger partial charge in [0.05, 0.1) is 12.6 Å². The van der Waals surface area contributed by atoms with E-state index in [1.165, 1.54) is 15.9 Å². The predicted molar refractivity (Wildman–Crippen MR) is 235 cm³/mol. The predicted octanol–water partition coefficient (Wildman–Crippen LogP) is 9.03. The van der Waals surface area contributed by atoms with E-state index in [0.29, 0.717) is 53.2 Å². The highest BCUT2D eigenvalue weighted by Gasteiger charge is 2.45. The molecule has 0 saturated carbocycles. The molecule has 58 heavy (non-hydrogen) atoms. The second kappa shape index (κ2) is 18.7. The van der Waals surface area contributed by atoms with Crippen molar-refractivity contribution in [3.63, 3.8) is 0 Å². The van der Waals surface area contributed by atoms with Crippen LogP contribution in [0.2, 0.25) is 0 Å². The second-order valence-electron chi connectivity index (χ2n) is 14.8. The molecule has 294 valence electrons. The molecule has 0 fully saturated rings. The second-order valence-corrected chi connectivity index (χ2v) is 18.4. The van der Waals surface area contributed by atoms with Gasteiger partial charge in [0.1, 0.15) is 40.4 Å². The van der Waals surface area contributed by atoms with E-state index >= 15 is 0 Å². The molecule has 0 aliphatic rings. The fraction of sp³-hybridized carbons (Fsp3) is 0.157. The van der Waals surface area contributed by atoms with Gasteiger partial charge >= 0.3 is 5.97 Å². The van der Waals surface area contributed by atoms with E-state index < -0.39 is 13.2 Å². The Morgan fingerprint density at radius 2 is 0.862 bits per heavy atom. The van der Waals surface area contributed by atoms with E-state index in [4.69, 9.17) is 0 Å². The molecular weight excluding hydrogens is 740 g/mol. The van der Waals surface area contributed by atoms with Gasteiger partial charge in [-0.05, 0) is 91.6 Å². The molecule has 0 heterocycles. The summed E-state index contributed by atoms with van der Waals surface area (Å²) < 4.78 is 0. The molecule has 7 aromatic carbocycles. The van der Waals surface area contributed by atoms with Gasteiger partial charge in [0, 0.05) is 19.3 Å². The third kappa shape index (κ3) is 9.77. The van der Waals surface area contributed by atoms with Gasteiger partial charge in [0.25, 0.3) is 0 Å². The van der Waals surface area contributed by atoms with Crippen molar-refractivity contribution in [1.29, 1.82) is 0 Å². The quantitative estimate of drug-likeness (QED) is 0.0918. The highest BCUT2D eigenvalue weighted by atomic mass is 31.2. The van der Waals surface area contributed by atoms with Crippen LogP contribution >= 0.6 is 7.26 Å². The summed E-state index contributed by atoms with van der Waals surface area (Å²) in [5, 5.41) is 57.7. The fourth-order valence-electron chi connectivity index (χ4n) is 7.59. The Labute approximate surface area is 341 Å². The summed E-state index contributed by atoms with van der Waals surface area (Å²) in [5.41, 5.74) is 7.08. The van der Waals surface area contributed by atoms with Crippen molar-refractivity contribution in [2.75, 3.05) is 6.16 Å². The third-order valence-electron chi connectivity index (χ3n) is 10.5. The van der Waals surface area contributed by atoms with Crippen LogP contribution in [0, 0.1) is 20.8 Å². The molecule has 0 spiro atoms. The van der Waals surface area contributed by atoms with Crippen LogP contribution in [0.4, 0.5) is 0 Å². The highest BCUT2D eigenvalue weighted by Crippen LogP contribution is 2.55. The molecule has 0 bridgehead atoms. The summed E-state index contributed by atoms with van der Waals surface area (Å²) in [6.07, 6.45) is 1.82. The summed E-state index contributed by atoms with van der Waals surface area (Å²) in [6.45, 7) is 5.87. The van der Waals surface area contributed by atoms with E-state index in [-0.39, 0.29) is 29.4 Å². The first-order valence-electron chi connectivity index (χ1n) is 19.4. The zero-order chi connectivity index (χ0) is 41.2. The molecule has 0 aromatic heterocycles. The van der Waals surface area contributed by atoms with Gasteiger partial charge in [0.15, 0.2) is 0 Å². The number of hydrogen-bond donors (Lipinski definition) is 4. The van der Waals surface area contributed by atoms with E-state index in [2.05, 4.69) is 36.4 Å². The van der Waals surface area contributed by atoms with Crippen molar-refractivity contribution in [1.82, 2.24) is 0 Å². The van der Waals surface area contributed by atoms with Gasteiger partial charge in [-0.15, -0.1) is 5.75 Å². The number of phenolic OH excluding ortho intramolecular Hbond substituents is 3. The Bertz CT molecular complexity index is 2390. The molecule has 0 radical (unpaired) electrons. The van der Waals surface area contributed by atoms with Gasteiger partial charge in [-0.2, -0.15) is 0 Å². The lowest BCUT2D eigenvalue weighted by Crippen LogP contribution is -2.34. The van der Waals surface area contributed by atoms with Crippen LogP contribution in [0.15, 0.2) is 158 Å². The van der Waals surface area contributed by atoms with Crippen LogP contribution < -0.4 is 21.0 Å². The van der Waals surface area contributed by atoms with Gasteiger partial charge < -0.3 is 25.5 Å². The zero-order valence-corrected chi connectivity index (χ0v) is 34.0. The molecule has 7 rings (SSSR count). The minimum atomic E-state index is -1.99. The maximum atomic E-state index is 13.2. The van der Waals surface area contributed by atoms with Gasteiger partial charge in [-0.25, -0.2) is 0 Å². The smallest absolute Gasteiger partial charge is 0.307 e. The molecule has 7 heteroatoms. The lowest BCUT2D eigenvalue weighted by atomic mass is 9.93. The van der Waals surface area contributed by atoms with E-state index in [0.717, 1.165) is 22.3 Å². The average molecular weight is 789 g/mol. The van der Waals surface area contributed by atoms with Crippen molar-refractivity contribution in [3.05, 3.63) is 208 Å². The maximum absolute atomic E-state index is 13.2. The number of aryl methyl sites for hydroxylation is 3. The number of hydrogen-bond acceptors (Lipinski definition) is 5. The number of aliphatic carboxylic acids is 1. The number of phenols is 3. The van der Waals surface area contributed by atoms with Gasteiger partial charge in [-0.1, -0.05) is 137 Å². The Morgan fingerprint density at radius 3 is 1.28 bits per heavy atom. The fourth-order valence-corrected chi connectivity index (χ4v) is 11.8. The average Bonchev–Trinajstić information content (AvgIpc) is 3.22. The lowest BCUT2D eigenvalue weighted by molar-refractivity contribution is -0.270. The summed E-state index contributed by atoms with van der Waals surface area (Å²) in [7, 11) is -1.99. The molecule has 7 aromatic rings. The molecule has 6 nitrogen and oxygen atoms in total. The van der Waals surface area contributed by atoms with Crippen LogP contribution in [-0.4, -0.2) is 32.6 Å². The van der Waals surface area contributed by atoms with Crippen molar-refractivity contribution in [2.45, 2.75) is 46.5 Å². The third-order valence-corrected chi connectivity index (χ3v) is 14.9. The minimum Gasteiger partial charge on any atom is -0.872 e. The largest absolute Gasteiger partial charge is 0.872 e. The number of aromatic hydroxyl groups is 3. The number of carboxylic acids is 1. The van der Waals surface area contributed by atoms with Crippen LogP contribution in [0.25, 0.3) is 0 Å². The molecule has 0 atom stereocenters. The van der Waals surface area contributed by atoms with E-state index in [1.807, 2.05) is 118 Å². The van der Waals surface area contributed by atoms with Crippen molar-refractivity contribution < 1.29 is 30.3 Å². The van der Waals surface area contributed by atoms with E-state index in [9.17, 15) is 30.3 Å². The molecule has 0 aliphatic carbocycles. The standard InChI is InChI=1S/C30H30O4.C21H19O2P/c1-18-7-9-27(31)23(11-18)15-21-5-4-6-22(29(21)33)16-25-13-20(3)14-26(30(25)34)17-24-12-19(2)8-10-28(24)32;22-21(23)16-17-24(18-10-4-1-5-11-18,19-12-6-2-7-13-19)20-14-8-3-9-15-20/h4-14,31-34H,15-17H2,1-3H3;1-15H,16-17H2. The van der Waals surface area contributed by atoms with E-state index in [1.54, 1.807) is 24.3 Å². The summed E-state index contributed by atoms with van der Waals surface area (Å²) in [6, 6.07) is 51.1. The van der Waals surface area contributed by atoms with Crippen molar-refractivity contribution >= 4 is 29.1 Å². The molecule has 0 saturated heterocycles. The Kier molecular flexibility index (Phi) is 13.3. The Hall–Kier alpha value is -6.36. The van der Waals surface area contributed by atoms with Crippen LogP contribution in [0.5, 0.6) is 23.0 Å². The van der Waals surface area contributed by atoms with Gasteiger partial charge in [0.2, 0.25) is 0 Å². The Balaban J connectivity index is 0.000000208. The molecule has 4 N–H and O–H groups in total. The first-order valence-corrected chi connectivity index (χ1v) is 21.3. The SMILES string of the molecule is Cc1ccc(O)c(Cc2cccc(Cc3cc(C)cc(Cc4cc(C)ccc4O)c3O)c2[O-])c1.O=C(O)CC[P+](c1ccccc1)(c1ccccc1)c1ccccc1. The number of rotatable bonds is 12. The topological polar surface area (TPSA) is 121 Å². The summed E-state index contributed by atoms with van der Waals surface area (Å²) in [5.74, 6) is -0.310. The zero-order valence-electron chi connectivity index (χ0n) is 33.1. The van der Waals surface area contributed by atoms with Crippen LogP contribution in [0.3, 0.4) is 0 Å². The maximum Gasteiger partial charge on any atom is 0.307 e. The number of benzene rings is 7. The first kappa shape index (κ1) is 41.3. The van der Waals surface area contributed by atoms with Gasteiger partial charge in [-0.3, -0.25) is 4.79 Å². The Morgan fingerprint density at radius 1 is 0.483 bits per heavy atom. The van der Waals surface area contributed by atoms with Crippen LogP contribution in [0.1, 0.15) is 56.5 Å². The highest BCUT2D eigenvalue weighted by molar-refractivity contribution is 7.95. The molecule has 0 unspecified atom stereocenters. The molecule has 0 amide bonds. The van der Waals surface area contributed by atoms with Crippen molar-refractivity contribution in [2.24, 2.45) is 0 Å². The molecule has 0 aliphatic heterocycles. The molecular formula is C51H49O6P. The monoisotopic (exact) mass is 788 g/mol. The number of carbonyl (C=O) groups is 1. The van der Waals surface area contributed by atoms with Crippen LogP contribution in [-0.2, 0) is 24.1 Å². The van der Waals surface area contributed by atoms with Crippen molar-refractivity contribution in [3.8, 4) is 23.0 Å². The lowest BCUT2D eigenvalue weighted by Gasteiger charge is -2.27.